The van der Waals surface area contributed by atoms with Gasteiger partial charge in [-0.2, -0.15) is 0 Å². The minimum Gasteiger partial charge on any atom is -0.349 e. The number of benzene rings is 1. The Morgan fingerprint density at radius 1 is 1.12 bits per heavy atom. The van der Waals surface area contributed by atoms with E-state index in [-0.39, 0.29) is 22.9 Å². The number of amides is 1. The van der Waals surface area contributed by atoms with Crippen LogP contribution in [0.15, 0.2) is 35.3 Å². The van der Waals surface area contributed by atoms with Crippen molar-refractivity contribution in [2.75, 3.05) is 0 Å². The first-order valence-electron chi connectivity index (χ1n) is 12.3. The van der Waals surface area contributed by atoms with Crippen molar-refractivity contribution in [2.45, 2.75) is 89.6 Å². The topological polar surface area (TPSA) is 59.8 Å². The van der Waals surface area contributed by atoms with Crippen LogP contribution >= 0.6 is 15.9 Å². The standard InChI is InChI=1S/C26H35BrN4O/c1-4-17(3)20-6-8-21(9-7-20)22(5-2)29-23(32)25-11-18-10-19(12-25)14-26(13-18,15-25)31-16-28-24(27)30-31/h6-9,16-19,22H,4-5,10-15H2,1-3H3,(H,29,32)/t17-,18-,19+,22+,25?,26?/m0/s1. The predicted octanol–water partition coefficient (Wildman–Crippen LogP) is 6.12. The van der Waals surface area contributed by atoms with Crippen LogP contribution in [0.1, 0.15) is 95.2 Å². The number of hydrogen-bond donors (Lipinski definition) is 1. The highest BCUT2D eigenvalue weighted by atomic mass is 79.9. The summed E-state index contributed by atoms with van der Waals surface area (Å²) >= 11 is 3.42. The third kappa shape index (κ3) is 3.72. The zero-order valence-electron chi connectivity index (χ0n) is 19.5. The minimum absolute atomic E-state index is 0.0555. The third-order valence-electron chi connectivity index (χ3n) is 8.70. The molecule has 4 aliphatic rings. The first-order chi connectivity index (χ1) is 15.4. The van der Waals surface area contributed by atoms with Gasteiger partial charge in [-0.25, -0.2) is 9.67 Å². The molecule has 6 rings (SSSR count). The molecular weight excluding hydrogens is 464 g/mol. The monoisotopic (exact) mass is 498 g/mol. The highest BCUT2D eigenvalue weighted by Crippen LogP contribution is 2.64. The number of carbonyl (C=O) groups is 1. The van der Waals surface area contributed by atoms with Crippen LogP contribution in [-0.4, -0.2) is 20.7 Å². The number of aromatic nitrogens is 3. The first kappa shape index (κ1) is 22.1. The molecule has 1 aromatic heterocycles. The van der Waals surface area contributed by atoms with E-state index in [1.807, 2.05) is 6.33 Å². The summed E-state index contributed by atoms with van der Waals surface area (Å²) in [6.45, 7) is 6.66. The number of carbonyl (C=O) groups excluding carboxylic acids is 1. The van der Waals surface area contributed by atoms with Crippen molar-refractivity contribution in [2.24, 2.45) is 17.3 Å². The van der Waals surface area contributed by atoms with E-state index in [1.165, 1.54) is 17.5 Å². The molecule has 0 aliphatic heterocycles. The van der Waals surface area contributed by atoms with Gasteiger partial charge in [0.05, 0.1) is 17.0 Å². The van der Waals surface area contributed by atoms with Crippen molar-refractivity contribution >= 4 is 21.8 Å². The van der Waals surface area contributed by atoms with Crippen LogP contribution in [0.2, 0.25) is 0 Å². The summed E-state index contributed by atoms with van der Waals surface area (Å²) in [6.07, 6.45) is 10.4. The van der Waals surface area contributed by atoms with Crippen molar-refractivity contribution in [3.8, 4) is 0 Å². The molecule has 1 amide bonds. The van der Waals surface area contributed by atoms with Crippen molar-refractivity contribution in [3.05, 3.63) is 46.5 Å². The Morgan fingerprint density at radius 3 is 2.34 bits per heavy atom. The number of nitrogens with one attached hydrogen (secondary N) is 1. The molecule has 2 aromatic rings. The van der Waals surface area contributed by atoms with Gasteiger partial charge in [0.2, 0.25) is 10.6 Å². The van der Waals surface area contributed by atoms with Gasteiger partial charge in [-0.05, 0) is 96.2 Å². The van der Waals surface area contributed by atoms with Gasteiger partial charge in [0.15, 0.2) is 0 Å². The molecule has 172 valence electrons. The quantitative estimate of drug-likeness (QED) is 0.500. The van der Waals surface area contributed by atoms with Crippen LogP contribution in [0.4, 0.5) is 0 Å². The smallest absolute Gasteiger partial charge is 0.226 e. The molecule has 1 aromatic carbocycles. The lowest BCUT2D eigenvalue weighted by Gasteiger charge is -2.61. The van der Waals surface area contributed by atoms with Gasteiger partial charge in [0.1, 0.15) is 6.33 Å². The summed E-state index contributed by atoms with van der Waals surface area (Å²) in [4.78, 5) is 18.2. The van der Waals surface area contributed by atoms with Gasteiger partial charge < -0.3 is 5.32 Å². The highest BCUT2D eigenvalue weighted by Gasteiger charge is 2.61. The highest BCUT2D eigenvalue weighted by molar-refractivity contribution is 9.10. The zero-order valence-corrected chi connectivity index (χ0v) is 21.1. The normalized spacial score (nSPS) is 32.6. The molecule has 5 nitrogen and oxygen atoms in total. The average molecular weight is 499 g/mol. The number of halogens is 1. The average Bonchev–Trinajstić information content (AvgIpc) is 3.23. The lowest BCUT2D eigenvalue weighted by atomic mass is 9.46. The molecule has 4 bridgehead atoms. The second kappa shape index (κ2) is 8.27. The molecule has 4 fully saturated rings. The lowest BCUT2D eigenvalue weighted by molar-refractivity contribution is -0.156. The van der Waals surface area contributed by atoms with Crippen LogP contribution in [-0.2, 0) is 10.3 Å². The van der Waals surface area contributed by atoms with Crippen LogP contribution in [0.3, 0.4) is 0 Å². The Bertz CT molecular complexity index is 970. The van der Waals surface area contributed by atoms with E-state index in [0.29, 0.717) is 22.5 Å². The summed E-state index contributed by atoms with van der Waals surface area (Å²) < 4.78 is 2.71. The fourth-order valence-electron chi connectivity index (χ4n) is 7.24. The van der Waals surface area contributed by atoms with Gasteiger partial charge in [-0.15, -0.1) is 5.10 Å². The Hall–Kier alpha value is -1.69. The number of rotatable bonds is 7. The van der Waals surface area contributed by atoms with Crippen molar-refractivity contribution in [3.63, 3.8) is 0 Å². The number of nitrogens with zero attached hydrogens (tertiary/aromatic N) is 3. The molecular formula is C26H35BrN4O. The maximum absolute atomic E-state index is 13.9. The molecule has 4 aliphatic carbocycles. The minimum atomic E-state index is -0.271. The van der Waals surface area contributed by atoms with E-state index in [9.17, 15) is 4.79 Å². The lowest BCUT2D eigenvalue weighted by Crippen LogP contribution is -2.61. The molecule has 6 heteroatoms. The summed E-state index contributed by atoms with van der Waals surface area (Å²) in [5.74, 6) is 2.05. The van der Waals surface area contributed by atoms with E-state index in [1.54, 1.807) is 0 Å². The number of hydrogen-bond acceptors (Lipinski definition) is 3. The van der Waals surface area contributed by atoms with Crippen LogP contribution in [0.5, 0.6) is 0 Å². The SMILES string of the molecule is CC[C@H](C)c1ccc([C@@H](CC)NC(=O)C23C[C@H]4C[C@@H](C2)CC(n2cnc(Br)n2)(C4)C3)cc1. The van der Waals surface area contributed by atoms with Crippen LogP contribution in [0, 0.1) is 17.3 Å². The maximum Gasteiger partial charge on any atom is 0.226 e. The van der Waals surface area contributed by atoms with Gasteiger partial charge >= 0.3 is 0 Å². The maximum atomic E-state index is 13.9. The Kier molecular flexibility index (Phi) is 5.71. The van der Waals surface area contributed by atoms with E-state index in [4.69, 9.17) is 0 Å². The Morgan fingerprint density at radius 2 is 1.78 bits per heavy atom. The molecule has 6 atom stereocenters. The largest absolute Gasteiger partial charge is 0.349 e. The fourth-order valence-corrected chi connectivity index (χ4v) is 7.51. The summed E-state index contributed by atoms with van der Waals surface area (Å²) in [6, 6.07) is 8.97. The van der Waals surface area contributed by atoms with Gasteiger partial charge in [-0.1, -0.05) is 45.0 Å². The van der Waals surface area contributed by atoms with E-state index >= 15 is 0 Å². The third-order valence-corrected chi connectivity index (χ3v) is 9.06. The molecule has 2 unspecified atom stereocenters. The van der Waals surface area contributed by atoms with Crippen LogP contribution < -0.4 is 5.32 Å². The molecule has 0 saturated heterocycles. The summed E-state index contributed by atoms with van der Waals surface area (Å²) in [5.41, 5.74) is 2.26. The molecule has 0 radical (unpaired) electrons. The predicted molar refractivity (Wildman–Crippen MR) is 129 cm³/mol. The van der Waals surface area contributed by atoms with E-state index < -0.39 is 0 Å². The van der Waals surface area contributed by atoms with Crippen molar-refractivity contribution < 1.29 is 4.79 Å². The van der Waals surface area contributed by atoms with Gasteiger partial charge in [0, 0.05) is 0 Å². The van der Waals surface area contributed by atoms with Gasteiger partial charge in [0.25, 0.3) is 0 Å². The van der Waals surface area contributed by atoms with Crippen molar-refractivity contribution in [1.82, 2.24) is 20.1 Å². The van der Waals surface area contributed by atoms with Crippen LogP contribution in [0.25, 0.3) is 0 Å². The molecule has 0 spiro atoms. The zero-order chi connectivity index (χ0) is 22.5. The molecule has 32 heavy (non-hydrogen) atoms. The van der Waals surface area contributed by atoms with Crippen molar-refractivity contribution in [1.29, 1.82) is 0 Å². The summed E-state index contributed by atoms with van der Waals surface area (Å²) in [7, 11) is 0. The second-order valence-electron chi connectivity index (χ2n) is 10.8. The van der Waals surface area contributed by atoms with E-state index in [0.717, 1.165) is 44.9 Å². The Labute approximate surface area is 199 Å². The fraction of sp³-hybridized carbons (Fsp3) is 0.654. The molecule has 1 N–H and O–H groups in total. The van der Waals surface area contributed by atoms with E-state index in [2.05, 4.69) is 81.0 Å². The van der Waals surface area contributed by atoms with Gasteiger partial charge in [-0.3, -0.25) is 4.79 Å². The summed E-state index contributed by atoms with van der Waals surface area (Å²) in [5, 5.41) is 8.12. The Balaban J connectivity index is 1.37. The molecule has 4 saturated carbocycles. The molecule has 1 heterocycles. The first-order valence-corrected chi connectivity index (χ1v) is 13.1. The second-order valence-corrected chi connectivity index (χ2v) is 11.5.